The molecule has 0 heterocycles. The fourth-order valence-corrected chi connectivity index (χ4v) is 2.16. The Hall–Kier alpha value is -1.84. The molecular formula is C18H29IN4O3. The molecule has 0 unspecified atom stereocenters. The number of benzene rings is 1. The molecule has 0 aromatic heterocycles. The van der Waals surface area contributed by atoms with Gasteiger partial charge in [0.2, 0.25) is 0 Å². The molecule has 1 aromatic rings. The summed E-state index contributed by atoms with van der Waals surface area (Å²) < 4.78 is 5.07. The third-order valence-electron chi connectivity index (χ3n) is 3.33. The Bertz CT molecular complexity index is 606. The molecule has 0 aliphatic rings. The van der Waals surface area contributed by atoms with E-state index in [-0.39, 0.29) is 48.4 Å². The number of ether oxygens (including phenoxy) is 1. The van der Waals surface area contributed by atoms with Gasteiger partial charge in [-0.2, -0.15) is 0 Å². The summed E-state index contributed by atoms with van der Waals surface area (Å²) in [6.07, 6.45) is 0.934. The van der Waals surface area contributed by atoms with Crippen LogP contribution >= 0.6 is 24.0 Å². The second-order valence-corrected chi connectivity index (χ2v) is 5.74. The Morgan fingerprint density at radius 3 is 2.50 bits per heavy atom. The van der Waals surface area contributed by atoms with Crippen LogP contribution < -0.4 is 16.0 Å². The number of carbonyl (C=O) groups is 2. The number of nitrogens with zero attached hydrogens (tertiary/aromatic N) is 1. The lowest BCUT2D eigenvalue weighted by molar-refractivity contribution is -0.147. The van der Waals surface area contributed by atoms with Gasteiger partial charge < -0.3 is 20.7 Å². The quantitative estimate of drug-likeness (QED) is 0.230. The van der Waals surface area contributed by atoms with E-state index in [0.29, 0.717) is 24.6 Å². The van der Waals surface area contributed by atoms with Crippen molar-refractivity contribution in [2.24, 2.45) is 4.99 Å². The lowest BCUT2D eigenvalue weighted by Gasteiger charge is -2.12. The highest BCUT2D eigenvalue weighted by Gasteiger charge is 2.06. The zero-order valence-electron chi connectivity index (χ0n) is 15.8. The van der Waals surface area contributed by atoms with Crippen LogP contribution in [0.15, 0.2) is 29.3 Å². The van der Waals surface area contributed by atoms with E-state index < -0.39 is 0 Å². The van der Waals surface area contributed by atoms with Crippen molar-refractivity contribution in [3.63, 3.8) is 0 Å². The average Bonchev–Trinajstić information content (AvgIpc) is 2.59. The van der Waals surface area contributed by atoms with Crippen LogP contribution in [0.1, 0.15) is 36.2 Å². The van der Waals surface area contributed by atoms with Gasteiger partial charge in [0.1, 0.15) is 0 Å². The summed E-state index contributed by atoms with van der Waals surface area (Å²) in [5, 5.41) is 8.87. The van der Waals surface area contributed by atoms with Gasteiger partial charge in [-0.3, -0.25) is 14.6 Å². The third-order valence-corrected chi connectivity index (χ3v) is 3.33. The number of aliphatic imine (C=N–C) groups is 1. The summed E-state index contributed by atoms with van der Waals surface area (Å²) in [6.45, 7) is 4.76. The molecule has 0 fully saturated rings. The first-order valence-corrected chi connectivity index (χ1v) is 8.41. The van der Waals surface area contributed by atoms with Crippen molar-refractivity contribution >= 4 is 41.8 Å². The maximum absolute atomic E-state index is 11.6. The summed E-state index contributed by atoms with van der Waals surface area (Å²) >= 11 is 0. The van der Waals surface area contributed by atoms with Crippen LogP contribution in [0.2, 0.25) is 0 Å². The number of nitrogens with one attached hydrogen (secondary N) is 3. The molecule has 1 rings (SSSR count). The summed E-state index contributed by atoms with van der Waals surface area (Å²) in [5.74, 6) is 0.296. The van der Waals surface area contributed by atoms with Crippen molar-refractivity contribution < 1.29 is 14.3 Å². The van der Waals surface area contributed by atoms with Crippen molar-refractivity contribution in [2.75, 3.05) is 27.2 Å². The highest BCUT2D eigenvalue weighted by atomic mass is 127. The lowest BCUT2D eigenvalue weighted by Crippen LogP contribution is -2.39. The maximum atomic E-state index is 11.6. The van der Waals surface area contributed by atoms with Crippen molar-refractivity contribution in [3.05, 3.63) is 35.4 Å². The van der Waals surface area contributed by atoms with E-state index in [4.69, 9.17) is 4.74 Å². The Morgan fingerprint density at radius 2 is 1.88 bits per heavy atom. The number of esters is 1. The van der Waals surface area contributed by atoms with Crippen molar-refractivity contribution in [3.8, 4) is 0 Å². The van der Waals surface area contributed by atoms with Crippen LogP contribution in [0.5, 0.6) is 0 Å². The van der Waals surface area contributed by atoms with Gasteiger partial charge >= 0.3 is 5.97 Å². The monoisotopic (exact) mass is 476 g/mol. The lowest BCUT2D eigenvalue weighted by atomic mass is 10.1. The van der Waals surface area contributed by atoms with Gasteiger partial charge in [0, 0.05) is 32.7 Å². The molecule has 0 aliphatic heterocycles. The first-order valence-electron chi connectivity index (χ1n) is 8.41. The summed E-state index contributed by atoms with van der Waals surface area (Å²) in [7, 11) is 3.29. The number of hydrogen-bond donors (Lipinski definition) is 3. The Kier molecular flexibility index (Phi) is 12.4. The van der Waals surface area contributed by atoms with Crippen LogP contribution in [0.4, 0.5) is 0 Å². The number of hydrogen-bond acceptors (Lipinski definition) is 4. The van der Waals surface area contributed by atoms with Crippen LogP contribution in [-0.4, -0.2) is 51.1 Å². The molecule has 0 spiro atoms. The van der Waals surface area contributed by atoms with Gasteiger partial charge in [0.05, 0.1) is 12.5 Å². The van der Waals surface area contributed by atoms with E-state index in [0.717, 1.165) is 12.0 Å². The van der Waals surface area contributed by atoms with E-state index in [1.807, 2.05) is 32.0 Å². The van der Waals surface area contributed by atoms with Crippen LogP contribution in [0, 0.1) is 0 Å². The van der Waals surface area contributed by atoms with Crippen LogP contribution in [0.25, 0.3) is 0 Å². The summed E-state index contributed by atoms with van der Waals surface area (Å²) in [4.78, 5) is 27.2. The molecule has 1 aromatic carbocycles. The number of rotatable bonds is 8. The first-order chi connectivity index (χ1) is 12.0. The topological polar surface area (TPSA) is 91.8 Å². The number of carbonyl (C=O) groups excluding carboxylic acids is 2. The molecule has 0 saturated heterocycles. The Balaban J connectivity index is 0.00000625. The van der Waals surface area contributed by atoms with Crippen LogP contribution in [0.3, 0.4) is 0 Å². The minimum absolute atomic E-state index is 0. The molecular weight excluding hydrogens is 447 g/mol. The van der Waals surface area contributed by atoms with Gasteiger partial charge in [-0.05, 0) is 38.0 Å². The summed E-state index contributed by atoms with van der Waals surface area (Å²) in [6, 6.07) is 7.50. The van der Waals surface area contributed by atoms with Gasteiger partial charge in [-0.1, -0.05) is 12.1 Å². The van der Waals surface area contributed by atoms with Crippen molar-refractivity contribution in [1.82, 2.24) is 16.0 Å². The van der Waals surface area contributed by atoms with Crippen molar-refractivity contribution in [1.29, 1.82) is 0 Å². The van der Waals surface area contributed by atoms with Gasteiger partial charge in [-0.25, -0.2) is 0 Å². The molecule has 7 nitrogen and oxygen atoms in total. The van der Waals surface area contributed by atoms with Crippen LogP contribution in [-0.2, 0) is 16.0 Å². The fourth-order valence-electron chi connectivity index (χ4n) is 2.16. The van der Waals surface area contributed by atoms with E-state index in [2.05, 4.69) is 20.9 Å². The smallest absolute Gasteiger partial charge is 0.307 e. The molecule has 0 radical (unpaired) electrons. The molecule has 3 N–H and O–H groups in total. The van der Waals surface area contributed by atoms with E-state index >= 15 is 0 Å². The fraction of sp³-hybridized carbons (Fsp3) is 0.500. The highest BCUT2D eigenvalue weighted by Crippen LogP contribution is 2.05. The van der Waals surface area contributed by atoms with Gasteiger partial charge in [0.25, 0.3) is 5.91 Å². The second-order valence-electron chi connectivity index (χ2n) is 5.74. The third kappa shape index (κ3) is 9.59. The molecule has 0 saturated carbocycles. The first kappa shape index (κ1) is 24.2. The SMILES string of the molecule is CN=C(NCCC(=O)OC(C)C)NCCc1cccc(C(=O)NC)c1.I. The molecule has 0 bridgehead atoms. The number of halogens is 1. The van der Waals surface area contributed by atoms with E-state index in [9.17, 15) is 9.59 Å². The van der Waals surface area contributed by atoms with Gasteiger partial charge in [-0.15, -0.1) is 24.0 Å². The Morgan fingerprint density at radius 1 is 1.19 bits per heavy atom. The highest BCUT2D eigenvalue weighted by molar-refractivity contribution is 14.0. The van der Waals surface area contributed by atoms with E-state index in [1.165, 1.54) is 0 Å². The summed E-state index contributed by atoms with van der Waals surface area (Å²) in [5.41, 5.74) is 1.70. The zero-order chi connectivity index (χ0) is 18.7. The minimum atomic E-state index is -0.232. The molecule has 146 valence electrons. The molecule has 1 amide bonds. The largest absolute Gasteiger partial charge is 0.463 e. The normalized spacial score (nSPS) is 10.7. The zero-order valence-corrected chi connectivity index (χ0v) is 18.1. The van der Waals surface area contributed by atoms with Gasteiger partial charge in [0.15, 0.2) is 5.96 Å². The predicted molar refractivity (Wildman–Crippen MR) is 114 cm³/mol. The molecule has 0 aliphatic carbocycles. The number of guanidine groups is 1. The molecule has 8 heteroatoms. The maximum Gasteiger partial charge on any atom is 0.307 e. The number of amides is 1. The Labute approximate surface area is 172 Å². The standard InChI is InChI=1S/C18H28N4O3.HI/c1-13(2)25-16(23)9-11-22-18(20-4)21-10-8-14-6-5-7-15(12-14)17(24)19-3;/h5-7,12-13H,8-11H2,1-4H3,(H,19,24)(H2,20,21,22);1H. The molecule has 0 atom stereocenters. The van der Waals surface area contributed by atoms with E-state index in [1.54, 1.807) is 20.2 Å². The predicted octanol–water partition coefficient (Wildman–Crippen LogP) is 1.71. The van der Waals surface area contributed by atoms with Crippen molar-refractivity contribution in [2.45, 2.75) is 32.8 Å². The minimum Gasteiger partial charge on any atom is -0.463 e. The molecule has 26 heavy (non-hydrogen) atoms. The average molecular weight is 476 g/mol. The second kappa shape index (κ2) is 13.4.